The monoisotopic (exact) mass is 739 g/mol. The van der Waals surface area contributed by atoms with Crippen LogP contribution in [0.25, 0.3) is 5.76 Å². The van der Waals surface area contributed by atoms with Crippen LogP contribution in [-0.4, -0.2) is 40.7 Å². The van der Waals surface area contributed by atoms with Gasteiger partial charge < -0.3 is 19.3 Å². The number of halogens is 1. The maximum atomic E-state index is 13.8. The molecule has 0 aliphatic carbocycles. The van der Waals surface area contributed by atoms with E-state index in [1.165, 1.54) is 35.9 Å². The van der Waals surface area contributed by atoms with Gasteiger partial charge in [-0.05, 0) is 90.0 Å². The van der Waals surface area contributed by atoms with Crippen molar-refractivity contribution in [2.24, 2.45) is 5.92 Å². The van der Waals surface area contributed by atoms with Gasteiger partial charge in [-0.25, -0.2) is 4.39 Å². The summed E-state index contributed by atoms with van der Waals surface area (Å²) in [5, 5.41) is 20.5. The molecule has 0 radical (unpaired) electrons. The lowest BCUT2D eigenvalue weighted by atomic mass is 9.95. The van der Waals surface area contributed by atoms with E-state index < -0.39 is 17.7 Å². The third-order valence-corrected chi connectivity index (χ3v) is 10.7. The van der Waals surface area contributed by atoms with Gasteiger partial charge in [0.15, 0.2) is 15.8 Å². The molecule has 1 aliphatic heterocycles. The molecule has 1 unspecified atom stereocenters. The number of thioether (sulfide) groups is 1. The number of benzene rings is 4. The molecule has 6 rings (SSSR count). The van der Waals surface area contributed by atoms with Crippen molar-refractivity contribution in [3.05, 3.63) is 130 Å². The van der Waals surface area contributed by atoms with Gasteiger partial charge in [-0.1, -0.05) is 79.4 Å². The zero-order valence-electron chi connectivity index (χ0n) is 29.2. The second-order valence-electron chi connectivity index (χ2n) is 12.6. The molecule has 2 heterocycles. The zero-order chi connectivity index (χ0) is 36.8. The maximum absolute atomic E-state index is 13.8. The number of nitrogens with zero attached hydrogens (tertiary/aromatic N) is 3. The van der Waals surface area contributed by atoms with Gasteiger partial charge in [0, 0.05) is 11.3 Å². The molecule has 1 saturated heterocycles. The molecule has 268 valence electrons. The number of rotatable bonds is 14. The van der Waals surface area contributed by atoms with Gasteiger partial charge in [-0.15, -0.1) is 10.2 Å². The van der Waals surface area contributed by atoms with Crippen LogP contribution in [-0.2, 0) is 21.9 Å². The van der Waals surface area contributed by atoms with Gasteiger partial charge in [0.2, 0.25) is 5.13 Å². The Morgan fingerprint density at radius 3 is 2.42 bits per heavy atom. The Balaban J connectivity index is 1.34. The smallest absolute Gasteiger partial charge is 0.301 e. The lowest BCUT2D eigenvalue weighted by Crippen LogP contribution is -2.29. The quantitative estimate of drug-likeness (QED) is 0.0393. The fraction of sp³-hybridized carbons (Fsp3) is 0.250. The number of carbonyl (C=O) groups excluding carboxylic acids is 2. The summed E-state index contributed by atoms with van der Waals surface area (Å²) in [6.07, 6.45) is 0.847. The number of aryl methyl sites for hydroxylation is 1. The first-order valence-electron chi connectivity index (χ1n) is 16.7. The van der Waals surface area contributed by atoms with Crippen LogP contribution in [0.2, 0.25) is 0 Å². The first-order valence-corrected chi connectivity index (χ1v) is 18.5. The molecule has 1 fully saturated rings. The van der Waals surface area contributed by atoms with E-state index in [4.69, 9.17) is 14.2 Å². The summed E-state index contributed by atoms with van der Waals surface area (Å²) in [6, 6.07) is 24.9. The molecule has 0 bridgehead atoms. The average Bonchev–Trinajstić information content (AvgIpc) is 3.72. The molecule has 1 amide bonds. The number of ketones is 1. The van der Waals surface area contributed by atoms with Crippen LogP contribution in [0, 0.1) is 18.7 Å². The number of anilines is 1. The Kier molecular flexibility index (Phi) is 11.6. The van der Waals surface area contributed by atoms with Crippen LogP contribution >= 0.6 is 23.1 Å². The van der Waals surface area contributed by atoms with Gasteiger partial charge in [0.05, 0.1) is 25.3 Å². The van der Waals surface area contributed by atoms with Crippen molar-refractivity contribution in [2.45, 2.75) is 49.9 Å². The highest BCUT2D eigenvalue weighted by Gasteiger charge is 2.48. The van der Waals surface area contributed by atoms with E-state index in [1.807, 2.05) is 31.2 Å². The summed E-state index contributed by atoms with van der Waals surface area (Å²) in [7, 11) is 1.52. The number of methoxy groups -OCH3 is 1. The van der Waals surface area contributed by atoms with Crippen molar-refractivity contribution in [1.29, 1.82) is 0 Å². The summed E-state index contributed by atoms with van der Waals surface area (Å²) in [5.41, 5.74) is 3.78. The first kappa shape index (κ1) is 36.6. The van der Waals surface area contributed by atoms with Crippen LogP contribution in [0.3, 0.4) is 0 Å². The second-order valence-corrected chi connectivity index (χ2v) is 14.8. The van der Waals surface area contributed by atoms with E-state index in [-0.39, 0.29) is 22.3 Å². The van der Waals surface area contributed by atoms with Gasteiger partial charge in [-0.3, -0.25) is 14.5 Å². The van der Waals surface area contributed by atoms with Crippen molar-refractivity contribution >= 4 is 45.7 Å². The Hall–Kier alpha value is -5.20. The third kappa shape index (κ3) is 8.29. The molecule has 1 aromatic heterocycles. The van der Waals surface area contributed by atoms with Gasteiger partial charge >= 0.3 is 5.91 Å². The van der Waals surface area contributed by atoms with Crippen LogP contribution in [0.4, 0.5) is 9.52 Å². The topological polar surface area (TPSA) is 111 Å². The number of amides is 1. The fourth-order valence-corrected chi connectivity index (χ4v) is 7.43. The number of ether oxygens (including phenoxy) is 3. The molecule has 4 aromatic carbocycles. The van der Waals surface area contributed by atoms with Crippen molar-refractivity contribution in [1.82, 2.24) is 10.2 Å². The van der Waals surface area contributed by atoms with E-state index in [0.717, 1.165) is 34.4 Å². The molecule has 0 spiro atoms. The minimum Gasteiger partial charge on any atom is -0.507 e. The van der Waals surface area contributed by atoms with Crippen LogP contribution < -0.4 is 19.1 Å². The van der Waals surface area contributed by atoms with Crippen LogP contribution in [0.1, 0.15) is 54.1 Å². The number of aromatic nitrogens is 2. The van der Waals surface area contributed by atoms with E-state index in [2.05, 4.69) is 24.0 Å². The molecule has 5 aromatic rings. The molecular weight excluding hydrogens is 702 g/mol. The number of hydrogen-bond donors (Lipinski definition) is 1. The standard InChI is InChI=1S/C40H38FN3O6S2/c1-24(2)19-20-49-32-18-13-28(21-33(32)48-4)35-34(36(45)27-11-16-31(17-12-27)50-22-29-8-6-5-7-25(29)3)37(46)38(47)44(35)39-42-43-40(52-39)51-23-26-9-14-30(41)15-10-26/h5-18,21,24,35,45H,19-20,22-23H2,1-4H3. The number of aliphatic hydroxyl groups excluding tert-OH is 1. The van der Waals surface area contributed by atoms with Crippen molar-refractivity contribution in [3.8, 4) is 17.2 Å². The highest BCUT2D eigenvalue weighted by atomic mass is 32.2. The van der Waals surface area contributed by atoms with Crippen LogP contribution in [0.5, 0.6) is 17.2 Å². The van der Waals surface area contributed by atoms with Crippen molar-refractivity contribution in [2.75, 3.05) is 18.6 Å². The van der Waals surface area contributed by atoms with E-state index in [9.17, 15) is 19.1 Å². The average molecular weight is 740 g/mol. The molecule has 12 heteroatoms. The first-order chi connectivity index (χ1) is 25.1. The lowest BCUT2D eigenvalue weighted by Gasteiger charge is -2.23. The summed E-state index contributed by atoms with van der Waals surface area (Å²) in [5.74, 6) is 0.0619. The molecule has 52 heavy (non-hydrogen) atoms. The molecule has 9 nitrogen and oxygen atoms in total. The summed E-state index contributed by atoms with van der Waals surface area (Å²) in [6.45, 7) is 7.09. The van der Waals surface area contributed by atoms with Gasteiger partial charge in [0.25, 0.3) is 5.78 Å². The summed E-state index contributed by atoms with van der Waals surface area (Å²) >= 11 is 2.52. The van der Waals surface area contributed by atoms with Crippen LogP contribution in [0.15, 0.2) is 101 Å². The largest absolute Gasteiger partial charge is 0.507 e. The molecule has 1 N–H and O–H groups in total. The second kappa shape index (κ2) is 16.4. The van der Waals surface area contributed by atoms with E-state index in [0.29, 0.717) is 57.6 Å². The van der Waals surface area contributed by atoms with Gasteiger partial charge in [0.1, 0.15) is 23.9 Å². The maximum Gasteiger partial charge on any atom is 0.301 e. The number of carbonyl (C=O) groups is 2. The number of aliphatic hydroxyl groups is 1. The Morgan fingerprint density at radius 2 is 1.71 bits per heavy atom. The van der Waals surface area contributed by atoms with E-state index in [1.54, 1.807) is 54.6 Å². The van der Waals surface area contributed by atoms with Crippen molar-refractivity contribution in [3.63, 3.8) is 0 Å². The minimum absolute atomic E-state index is 0.107. The molecule has 1 atom stereocenters. The number of hydrogen-bond acceptors (Lipinski definition) is 10. The normalized spacial score (nSPS) is 15.3. The molecule has 1 aliphatic rings. The highest BCUT2D eigenvalue weighted by Crippen LogP contribution is 2.46. The predicted octanol–water partition coefficient (Wildman–Crippen LogP) is 8.92. The Morgan fingerprint density at radius 1 is 0.962 bits per heavy atom. The lowest BCUT2D eigenvalue weighted by molar-refractivity contribution is -0.132. The zero-order valence-corrected chi connectivity index (χ0v) is 30.8. The number of Topliss-reactive ketones (excluding diaryl/α,β-unsaturated/α-hetero) is 1. The summed E-state index contributed by atoms with van der Waals surface area (Å²) < 4.78 is 31.6. The SMILES string of the molecule is COc1cc(C2C(=C(O)c3ccc(OCc4ccccc4C)cc3)C(=O)C(=O)N2c2nnc(SCc3ccc(F)cc3)s2)ccc1OCCC(C)C. The predicted molar refractivity (Wildman–Crippen MR) is 201 cm³/mol. The molecule has 0 saturated carbocycles. The van der Waals surface area contributed by atoms with E-state index >= 15 is 0 Å². The summed E-state index contributed by atoms with van der Waals surface area (Å²) in [4.78, 5) is 28.9. The Bertz CT molecular complexity index is 2080. The van der Waals surface area contributed by atoms with Gasteiger partial charge in [-0.2, -0.15) is 0 Å². The Labute approximate surface area is 310 Å². The third-order valence-electron chi connectivity index (χ3n) is 8.56. The molecular formula is C40H38FN3O6S2. The highest BCUT2D eigenvalue weighted by molar-refractivity contribution is 8.00. The van der Waals surface area contributed by atoms with Crippen molar-refractivity contribution < 1.29 is 33.3 Å². The fourth-order valence-electron chi connectivity index (χ4n) is 5.60. The minimum atomic E-state index is -1.06.